The number of aliphatic imine (C=N–C) groups is 2. The van der Waals surface area contributed by atoms with Gasteiger partial charge in [0.25, 0.3) is 0 Å². The maximum atomic E-state index is 4.25. The van der Waals surface area contributed by atoms with Crippen LogP contribution in [0.1, 0.15) is 55.4 Å². The fraction of sp³-hybridized carbons (Fsp3) is 0.889. The largest absolute Gasteiger partial charge is 0.361 e. The molecule has 0 aliphatic heterocycles. The molecule has 132 valence electrons. The van der Waals surface area contributed by atoms with Crippen LogP contribution in [0.3, 0.4) is 0 Å². The van der Waals surface area contributed by atoms with E-state index in [9.17, 15) is 0 Å². The molecule has 0 aliphatic carbocycles. The molecule has 0 unspecified atom stereocenters. The van der Waals surface area contributed by atoms with Gasteiger partial charge in [-0.15, -0.1) is 0 Å². The van der Waals surface area contributed by atoms with Gasteiger partial charge in [-0.3, -0.25) is 9.98 Å². The quantitative estimate of drug-likeness (QED) is 0.580. The van der Waals surface area contributed by atoms with E-state index in [1.807, 2.05) is 14.1 Å². The molecule has 0 saturated carbocycles. The molecule has 0 N–H and O–H groups in total. The smallest absolute Gasteiger partial charge is 0.101 e. The summed E-state index contributed by atoms with van der Waals surface area (Å²) >= 11 is 0. The Labute approximate surface area is 139 Å². The van der Waals surface area contributed by atoms with E-state index in [1.165, 1.54) is 11.7 Å². The molecule has 0 radical (unpaired) electrons. The van der Waals surface area contributed by atoms with E-state index in [0.29, 0.717) is 23.9 Å². The number of amidine groups is 2. The van der Waals surface area contributed by atoms with Crippen molar-refractivity contribution in [3.8, 4) is 0 Å². The third kappa shape index (κ3) is 8.40. The molecule has 0 saturated heterocycles. The fourth-order valence-corrected chi connectivity index (χ4v) is 2.18. The zero-order valence-electron chi connectivity index (χ0n) is 17.1. The van der Waals surface area contributed by atoms with Crippen molar-refractivity contribution in [1.82, 2.24) is 9.80 Å². The van der Waals surface area contributed by atoms with Crippen molar-refractivity contribution in [2.45, 2.75) is 67.5 Å². The molecule has 0 aromatic rings. The molecule has 0 bridgehead atoms. The Hall–Kier alpha value is -1.06. The average Bonchev–Trinajstić information content (AvgIpc) is 2.39. The highest BCUT2D eigenvalue weighted by molar-refractivity contribution is 5.84. The Morgan fingerprint density at radius 2 is 0.818 bits per heavy atom. The van der Waals surface area contributed by atoms with Crippen LogP contribution in [0.25, 0.3) is 0 Å². The van der Waals surface area contributed by atoms with Gasteiger partial charge in [0, 0.05) is 52.1 Å². The summed E-state index contributed by atoms with van der Waals surface area (Å²) in [5.41, 5.74) is 0. The summed E-state index contributed by atoms with van der Waals surface area (Å²) in [4.78, 5) is 12.9. The van der Waals surface area contributed by atoms with E-state index in [1.54, 1.807) is 0 Å². The lowest BCUT2D eigenvalue weighted by Crippen LogP contribution is -2.36. The summed E-state index contributed by atoms with van der Waals surface area (Å²) in [6.07, 6.45) is 0. The van der Waals surface area contributed by atoms with E-state index in [-0.39, 0.29) is 0 Å². The summed E-state index contributed by atoms with van der Waals surface area (Å²) in [5.74, 6) is 3.40. The Morgan fingerprint density at radius 1 is 0.591 bits per heavy atom. The zero-order valence-corrected chi connectivity index (χ0v) is 17.1. The second kappa shape index (κ2) is 11.5. The van der Waals surface area contributed by atoms with Gasteiger partial charge in [-0.25, -0.2) is 0 Å². The summed E-state index contributed by atoms with van der Waals surface area (Å²) < 4.78 is 0. The van der Waals surface area contributed by atoms with Crippen molar-refractivity contribution < 1.29 is 0 Å². The molecular formula is C18H40N4. The van der Waals surface area contributed by atoms with Crippen molar-refractivity contribution in [3.63, 3.8) is 0 Å². The van der Waals surface area contributed by atoms with Crippen LogP contribution in [0.4, 0.5) is 0 Å². The average molecular weight is 313 g/mol. The maximum absolute atomic E-state index is 4.25. The van der Waals surface area contributed by atoms with Gasteiger partial charge in [0.05, 0.1) is 0 Å². The van der Waals surface area contributed by atoms with E-state index in [4.69, 9.17) is 0 Å². The van der Waals surface area contributed by atoms with Crippen LogP contribution in [-0.4, -0.2) is 61.7 Å². The Kier molecular flexibility index (Phi) is 12.1. The lowest BCUT2D eigenvalue weighted by molar-refractivity contribution is 0.398. The normalized spacial score (nSPS) is 12.9. The first-order valence-electron chi connectivity index (χ1n) is 8.40. The minimum absolute atomic E-state index is 0.521. The standard InChI is InChI=1S/2C9H20N2/c2*1-7(2)9(10-5)11(6)8(3)4/h2*7-8H,1-6H3. The van der Waals surface area contributed by atoms with Gasteiger partial charge in [-0.05, 0) is 27.7 Å². The molecule has 0 spiro atoms. The van der Waals surface area contributed by atoms with Gasteiger partial charge in [0.15, 0.2) is 0 Å². The number of nitrogens with zero attached hydrogens (tertiary/aromatic N) is 4. The molecule has 0 rings (SSSR count). The summed E-state index contributed by atoms with van der Waals surface area (Å²) in [5, 5.41) is 0. The van der Waals surface area contributed by atoms with Crippen LogP contribution in [-0.2, 0) is 0 Å². The molecule has 0 aromatic carbocycles. The SMILES string of the molecule is CN=C(C(C)C)N(C)C(C)C.CN=C(C(C)C)N(C)C(C)C. The first-order chi connectivity index (χ1) is 10.0. The highest BCUT2D eigenvalue weighted by Gasteiger charge is 2.12. The molecular weight excluding hydrogens is 272 g/mol. The van der Waals surface area contributed by atoms with Gasteiger partial charge in [0.1, 0.15) is 11.7 Å². The molecule has 22 heavy (non-hydrogen) atoms. The minimum Gasteiger partial charge on any atom is -0.361 e. The summed E-state index contributed by atoms with van der Waals surface area (Å²) in [6, 6.07) is 1.08. The van der Waals surface area contributed by atoms with E-state index < -0.39 is 0 Å². The van der Waals surface area contributed by atoms with Crippen LogP contribution in [0, 0.1) is 11.8 Å². The van der Waals surface area contributed by atoms with Crippen LogP contribution < -0.4 is 0 Å². The molecule has 0 fully saturated rings. The lowest BCUT2D eigenvalue weighted by Gasteiger charge is -2.27. The Bertz CT molecular complexity index is 307. The maximum Gasteiger partial charge on any atom is 0.101 e. The van der Waals surface area contributed by atoms with Crippen LogP contribution in [0.2, 0.25) is 0 Å². The van der Waals surface area contributed by atoms with E-state index in [2.05, 4.69) is 89.3 Å². The highest BCUT2D eigenvalue weighted by Crippen LogP contribution is 2.05. The Morgan fingerprint density at radius 3 is 0.864 bits per heavy atom. The molecule has 0 heterocycles. The van der Waals surface area contributed by atoms with Crippen LogP contribution >= 0.6 is 0 Å². The molecule has 4 heteroatoms. The summed E-state index contributed by atoms with van der Waals surface area (Å²) in [7, 11) is 7.89. The summed E-state index contributed by atoms with van der Waals surface area (Å²) in [6.45, 7) is 17.4. The van der Waals surface area contributed by atoms with Crippen molar-refractivity contribution in [2.24, 2.45) is 21.8 Å². The third-order valence-electron chi connectivity index (χ3n) is 3.76. The van der Waals surface area contributed by atoms with Crippen molar-refractivity contribution in [2.75, 3.05) is 28.2 Å². The van der Waals surface area contributed by atoms with Crippen LogP contribution in [0.15, 0.2) is 9.98 Å². The minimum atomic E-state index is 0.521. The first kappa shape index (κ1) is 23.2. The highest BCUT2D eigenvalue weighted by atomic mass is 15.2. The monoisotopic (exact) mass is 312 g/mol. The molecule has 0 amide bonds. The Balaban J connectivity index is 0. The molecule has 0 atom stereocenters. The topological polar surface area (TPSA) is 31.2 Å². The molecule has 4 nitrogen and oxygen atoms in total. The molecule has 0 aromatic heterocycles. The first-order valence-corrected chi connectivity index (χ1v) is 8.40. The van der Waals surface area contributed by atoms with Gasteiger partial charge < -0.3 is 9.80 Å². The van der Waals surface area contributed by atoms with Gasteiger partial charge in [-0.1, -0.05) is 27.7 Å². The van der Waals surface area contributed by atoms with E-state index in [0.717, 1.165) is 0 Å². The second-order valence-electron chi connectivity index (χ2n) is 6.88. The van der Waals surface area contributed by atoms with Crippen LogP contribution in [0.5, 0.6) is 0 Å². The van der Waals surface area contributed by atoms with Gasteiger partial charge >= 0.3 is 0 Å². The van der Waals surface area contributed by atoms with Crippen molar-refractivity contribution >= 4 is 11.7 Å². The van der Waals surface area contributed by atoms with Crippen molar-refractivity contribution in [1.29, 1.82) is 0 Å². The van der Waals surface area contributed by atoms with Crippen molar-refractivity contribution in [3.05, 3.63) is 0 Å². The predicted molar refractivity (Wildman–Crippen MR) is 102 cm³/mol. The third-order valence-corrected chi connectivity index (χ3v) is 3.76. The predicted octanol–water partition coefficient (Wildman–Crippen LogP) is 4.02. The fourth-order valence-electron chi connectivity index (χ4n) is 2.18. The number of hydrogen-bond donors (Lipinski definition) is 0. The van der Waals surface area contributed by atoms with Gasteiger partial charge in [0.2, 0.25) is 0 Å². The van der Waals surface area contributed by atoms with E-state index >= 15 is 0 Å². The zero-order chi connectivity index (χ0) is 18.0. The van der Waals surface area contributed by atoms with Gasteiger partial charge in [-0.2, -0.15) is 0 Å². The number of hydrogen-bond acceptors (Lipinski definition) is 2. The second-order valence-corrected chi connectivity index (χ2v) is 6.88. The molecule has 0 aliphatic rings. The lowest BCUT2D eigenvalue weighted by atomic mass is 10.1. The number of rotatable bonds is 4.